The van der Waals surface area contributed by atoms with Crippen LogP contribution in [-0.4, -0.2) is 17.0 Å². The van der Waals surface area contributed by atoms with Crippen molar-refractivity contribution in [3.05, 3.63) is 28.8 Å². The second-order valence-corrected chi connectivity index (χ2v) is 4.95. The molecule has 0 aliphatic rings. The first-order valence-electron chi connectivity index (χ1n) is 5.66. The van der Waals surface area contributed by atoms with Crippen LogP contribution in [0.2, 0.25) is 5.02 Å². The number of nitrogens with one attached hydrogen (secondary N) is 1. The van der Waals surface area contributed by atoms with Gasteiger partial charge in [0, 0.05) is 10.9 Å². The Bertz CT molecular complexity index is 471. The lowest BCUT2D eigenvalue weighted by molar-refractivity contribution is -0.120. The van der Waals surface area contributed by atoms with Gasteiger partial charge < -0.3 is 10.4 Å². The van der Waals surface area contributed by atoms with Crippen LogP contribution in [-0.2, 0) is 4.79 Å². The SMILES string of the molecule is CC(C)C(C)C(=O)Nc1cc(Cl)ccc1C(=O)O. The number of anilines is 1. The molecule has 0 heterocycles. The van der Waals surface area contributed by atoms with Crippen LogP contribution in [0.1, 0.15) is 31.1 Å². The van der Waals surface area contributed by atoms with Crippen LogP contribution >= 0.6 is 11.6 Å². The van der Waals surface area contributed by atoms with Gasteiger partial charge in [-0.15, -0.1) is 0 Å². The maximum absolute atomic E-state index is 11.9. The molecule has 0 saturated carbocycles. The highest BCUT2D eigenvalue weighted by Crippen LogP contribution is 2.22. The molecule has 5 heteroatoms. The van der Waals surface area contributed by atoms with E-state index in [0.29, 0.717) is 5.02 Å². The number of carboxylic acids is 1. The molecule has 4 nitrogen and oxygen atoms in total. The molecule has 2 N–H and O–H groups in total. The molecule has 1 aromatic carbocycles. The van der Waals surface area contributed by atoms with Crippen LogP contribution in [0, 0.1) is 11.8 Å². The summed E-state index contributed by atoms with van der Waals surface area (Å²) >= 11 is 5.80. The first-order valence-corrected chi connectivity index (χ1v) is 6.04. The number of carboxylic acid groups (broad SMARTS) is 1. The number of rotatable bonds is 4. The largest absolute Gasteiger partial charge is 0.478 e. The molecule has 1 aromatic rings. The molecule has 0 saturated heterocycles. The third-order valence-electron chi connectivity index (χ3n) is 2.88. The van der Waals surface area contributed by atoms with Gasteiger partial charge >= 0.3 is 5.97 Å². The Morgan fingerprint density at radius 3 is 2.39 bits per heavy atom. The number of halogens is 1. The Morgan fingerprint density at radius 1 is 1.28 bits per heavy atom. The molecule has 1 atom stereocenters. The molecule has 0 bridgehead atoms. The van der Waals surface area contributed by atoms with E-state index in [1.54, 1.807) is 6.92 Å². The summed E-state index contributed by atoms with van der Waals surface area (Å²) in [4.78, 5) is 22.9. The summed E-state index contributed by atoms with van der Waals surface area (Å²) in [5, 5.41) is 12.0. The Hall–Kier alpha value is -1.55. The van der Waals surface area contributed by atoms with E-state index < -0.39 is 5.97 Å². The highest BCUT2D eigenvalue weighted by Gasteiger charge is 2.19. The molecule has 1 amide bonds. The summed E-state index contributed by atoms with van der Waals surface area (Å²) in [5.74, 6) is -1.34. The summed E-state index contributed by atoms with van der Waals surface area (Å²) < 4.78 is 0. The van der Waals surface area contributed by atoms with Crippen LogP contribution < -0.4 is 5.32 Å². The average Bonchev–Trinajstić information content (AvgIpc) is 2.27. The maximum atomic E-state index is 11.9. The highest BCUT2D eigenvalue weighted by molar-refractivity contribution is 6.31. The minimum absolute atomic E-state index is 0.0312. The first kappa shape index (κ1) is 14.5. The fourth-order valence-corrected chi connectivity index (χ4v) is 1.53. The highest BCUT2D eigenvalue weighted by atomic mass is 35.5. The monoisotopic (exact) mass is 269 g/mol. The number of hydrogen-bond acceptors (Lipinski definition) is 2. The predicted octanol–water partition coefficient (Wildman–Crippen LogP) is 3.27. The van der Waals surface area contributed by atoms with Crippen molar-refractivity contribution in [2.75, 3.05) is 5.32 Å². The lowest BCUT2D eigenvalue weighted by Gasteiger charge is -2.16. The summed E-state index contributed by atoms with van der Waals surface area (Å²) in [6, 6.07) is 4.29. The van der Waals surface area contributed by atoms with E-state index in [9.17, 15) is 9.59 Å². The van der Waals surface area contributed by atoms with Crippen molar-refractivity contribution < 1.29 is 14.7 Å². The Labute approximate surface area is 111 Å². The normalized spacial score (nSPS) is 12.3. The third-order valence-corrected chi connectivity index (χ3v) is 3.12. The van der Waals surface area contributed by atoms with Gasteiger partial charge in [-0.1, -0.05) is 32.4 Å². The molecule has 98 valence electrons. The molecule has 0 aliphatic heterocycles. The Morgan fingerprint density at radius 2 is 1.89 bits per heavy atom. The van der Waals surface area contributed by atoms with Crippen molar-refractivity contribution in [2.24, 2.45) is 11.8 Å². The minimum atomic E-state index is -1.10. The molecular weight excluding hydrogens is 254 g/mol. The van der Waals surface area contributed by atoms with Gasteiger partial charge in [0.25, 0.3) is 0 Å². The number of benzene rings is 1. The fraction of sp³-hybridized carbons (Fsp3) is 0.385. The number of aromatic carboxylic acids is 1. The Balaban J connectivity index is 2.99. The second-order valence-electron chi connectivity index (χ2n) is 4.52. The van der Waals surface area contributed by atoms with Crippen molar-refractivity contribution in [3.8, 4) is 0 Å². The van der Waals surface area contributed by atoms with E-state index in [1.807, 2.05) is 13.8 Å². The number of carbonyl (C=O) groups excluding carboxylic acids is 1. The van der Waals surface area contributed by atoms with E-state index >= 15 is 0 Å². The number of carbonyl (C=O) groups is 2. The smallest absolute Gasteiger partial charge is 0.337 e. The van der Waals surface area contributed by atoms with Crippen LogP contribution in [0.25, 0.3) is 0 Å². The third kappa shape index (κ3) is 3.47. The van der Waals surface area contributed by atoms with Crippen molar-refractivity contribution >= 4 is 29.2 Å². The molecule has 0 fully saturated rings. The molecule has 0 aromatic heterocycles. The lowest BCUT2D eigenvalue weighted by Crippen LogP contribution is -2.25. The number of hydrogen-bond donors (Lipinski definition) is 2. The van der Waals surface area contributed by atoms with Crippen LogP contribution in [0.15, 0.2) is 18.2 Å². The molecular formula is C13H16ClNO3. The van der Waals surface area contributed by atoms with Gasteiger partial charge in [-0.2, -0.15) is 0 Å². The zero-order chi connectivity index (χ0) is 13.9. The summed E-state index contributed by atoms with van der Waals surface area (Å²) in [7, 11) is 0. The van der Waals surface area contributed by atoms with E-state index in [0.717, 1.165) is 0 Å². The van der Waals surface area contributed by atoms with Crippen molar-refractivity contribution in [3.63, 3.8) is 0 Å². The first-order chi connectivity index (χ1) is 8.32. The van der Waals surface area contributed by atoms with Gasteiger partial charge in [-0.25, -0.2) is 4.79 Å². The van der Waals surface area contributed by atoms with Crippen molar-refractivity contribution in [2.45, 2.75) is 20.8 Å². The molecule has 1 unspecified atom stereocenters. The summed E-state index contributed by atoms with van der Waals surface area (Å²) in [5.41, 5.74) is 0.260. The Kier molecular flexibility index (Phi) is 4.73. The molecule has 0 radical (unpaired) electrons. The standard InChI is InChI=1S/C13H16ClNO3/c1-7(2)8(3)12(16)15-11-6-9(14)4-5-10(11)13(17)18/h4-8H,1-3H3,(H,15,16)(H,17,18). The fourth-order valence-electron chi connectivity index (χ4n) is 1.36. The predicted molar refractivity (Wildman–Crippen MR) is 71.0 cm³/mol. The van der Waals surface area contributed by atoms with Gasteiger partial charge in [0.15, 0.2) is 0 Å². The van der Waals surface area contributed by atoms with Crippen LogP contribution in [0.3, 0.4) is 0 Å². The zero-order valence-corrected chi connectivity index (χ0v) is 11.3. The maximum Gasteiger partial charge on any atom is 0.337 e. The molecule has 0 spiro atoms. The number of amides is 1. The molecule has 18 heavy (non-hydrogen) atoms. The van der Waals surface area contributed by atoms with Crippen LogP contribution in [0.5, 0.6) is 0 Å². The minimum Gasteiger partial charge on any atom is -0.478 e. The zero-order valence-electron chi connectivity index (χ0n) is 10.5. The lowest BCUT2D eigenvalue weighted by atomic mass is 9.97. The van der Waals surface area contributed by atoms with Crippen molar-refractivity contribution in [1.82, 2.24) is 0 Å². The van der Waals surface area contributed by atoms with E-state index in [1.165, 1.54) is 18.2 Å². The van der Waals surface area contributed by atoms with E-state index in [4.69, 9.17) is 16.7 Å². The second kappa shape index (κ2) is 5.87. The molecule has 0 aliphatic carbocycles. The molecule has 1 rings (SSSR count). The van der Waals surface area contributed by atoms with E-state index in [2.05, 4.69) is 5.32 Å². The topological polar surface area (TPSA) is 66.4 Å². The van der Waals surface area contributed by atoms with Gasteiger partial charge in [0.1, 0.15) is 0 Å². The van der Waals surface area contributed by atoms with Gasteiger partial charge in [0.05, 0.1) is 11.3 Å². The van der Waals surface area contributed by atoms with Gasteiger partial charge in [-0.3, -0.25) is 4.79 Å². The van der Waals surface area contributed by atoms with Crippen LogP contribution in [0.4, 0.5) is 5.69 Å². The van der Waals surface area contributed by atoms with Gasteiger partial charge in [-0.05, 0) is 24.1 Å². The average molecular weight is 270 g/mol. The van der Waals surface area contributed by atoms with Crippen molar-refractivity contribution in [1.29, 1.82) is 0 Å². The van der Waals surface area contributed by atoms with Gasteiger partial charge in [0.2, 0.25) is 5.91 Å². The van der Waals surface area contributed by atoms with E-state index in [-0.39, 0.29) is 29.0 Å². The quantitative estimate of drug-likeness (QED) is 0.882. The summed E-state index contributed by atoms with van der Waals surface area (Å²) in [6.07, 6.45) is 0. The summed E-state index contributed by atoms with van der Waals surface area (Å²) in [6.45, 7) is 5.66.